The molecule has 0 aliphatic heterocycles. The number of aryl methyl sites for hydroxylation is 1. The number of rotatable bonds is 3. The van der Waals surface area contributed by atoms with E-state index in [1.165, 1.54) is 12.3 Å². The highest BCUT2D eigenvalue weighted by molar-refractivity contribution is 6.03. The molecule has 0 radical (unpaired) electrons. The highest BCUT2D eigenvalue weighted by atomic mass is 16.1. The summed E-state index contributed by atoms with van der Waals surface area (Å²) in [5.41, 5.74) is 3.59. The first-order chi connectivity index (χ1) is 10.0. The van der Waals surface area contributed by atoms with Gasteiger partial charge in [0.25, 0.3) is 5.91 Å². The molecule has 1 amide bonds. The minimum atomic E-state index is -0.298. The quantitative estimate of drug-likeness (QED) is 0.938. The Morgan fingerprint density at radius 2 is 2.05 bits per heavy atom. The zero-order chi connectivity index (χ0) is 15.4. The lowest BCUT2D eigenvalue weighted by molar-refractivity contribution is 0.102. The molecule has 0 fully saturated rings. The molecule has 0 saturated heterocycles. The summed E-state index contributed by atoms with van der Waals surface area (Å²) in [6.07, 6.45) is 1.38. The van der Waals surface area contributed by atoms with Gasteiger partial charge in [-0.2, -0.15) is 5.26 Å². The normalized spacial score (nSPS) is 9.81. The van der Waals surface area contributed by atoms with Gasteiger partial charge in [-0.05, 0) is 36.8 Å². The first-order valence-corrected chi connectivity index (χ1v) is 6.46. The highest BCUT2D eigenvalue weighted by Crippen LogP contribution is 2.22. The number of anilines is 2. The van der Waals surface area contributed by atoms with Crippen LogP contribution in [0, 0.1) is 18.3 Å². The molecule has 0 aliphatic carbocycles. The average Bonchev–Trinajstić information content (AvgIpc) is 2.49. The van der Waals surface area contributed by atoms with Gasteiger partial charge in [0.2, 0.25) is 0 Å². The molecule has 0 spiro atoms. The molecule has 2 rings (SSSR count). The smallest absolute Gasteiger partial charge is 0.274 e. The lowest BCUT2D eigenvalue weighted by atomic mass is 10.1. The third kappa shape index (κ3) is 3.37. The lowest BCUT2D eigenvalue weighted by Crippen LogP contribution is -2.15. The van der Waals surface area contributed by atoms with E-state index < -0.39 is 0 Å². The highest BCUT2D eigenvalue weighted by Gasteiger charge is 2.09. The number of hydrogen-bond donors (Lipinski definition) is 1. The summed E-state index contributed by atoms with van der Waals surface area (Å²) in [5.74, 6) is -0.298. The molecule has 0 unspecified atom stereocenters. The third-order valence-electron chi connectivity index (χ3n) is 3.07. The Morgan fingerprint density at radius 1 is 1.29 bits per heavy atom. The van der Waals surface area contributed by atoms with Crippen molar-refractivity contribution in [2.45, 2.75) is 6.92 Å². The fraction of sp³-hybridized carbons (Fsp3) is 0.188. The Hall–Kier alpha value is -2.87. The zero-order valence-electron chi connectivity index (χ0n) is 12.2. The molecule has 5 nitrogen and oxygen atoms in total. The molecule has 1 aromatic heterocycles. The number of nitriles is 1. The van der Waals surface area contributed by atoms with Gasteiger partial charge in [0.05, 0.1) is 5.56 Å². The average molecular weight is 280 g/mol. The molecule has 0 bridgehead atoms. The standard InChI is InChI=1S/C16H16N4O/c1-11-4-6-13(8-15(11)20(2)3)19-16(21)14-7-5-12(9-17)10-18-14/h4-8,10H,1-3H3,(H,19,21). The van der Waals surface area contributed by atoms with Gasteiger partial charge in [-0.1, -0.05) is 6.07 Å². The molecule has 0 saturated carbocycles. The van der Waals surface area contributed by atoms with E-state index in [-0.39, 0.29) is 11.6 Å². The van der Waals surface area contributed by atoms with Crippen molar-refractivity contribution < 1.29 is 4.79 Å². The van der Waals surface area contributed by atoms with Crippen LogP contribution in [-0.4, -0.2) is 25.0 Å². The molecule has 1 heterocycles. The second-order valence-corrected chi connectivity index (χ2v) is 4.89. The molecule has 21 heavy (non-hydrogen) atoms. The maximum atomic E-state index is 12.1. The number of carbonyl (C=O) groups excluding carboxylic acids is 1. The van der Waals surface area contributed by atoms with Crippen LogP contribution in [0.5, 0.6) is 0 Å². The van der Waals surface area contributed by atoms with Crippen molar-refractivity contribution in [1.29, 1.82) is 5.26 Å². The number of nitrogens with zero attached hydrogens (tertiary/aromatic N) is 3. The van der Waals surface area contributed by atoms with Crippen molar-refractivity contribution in [3.05, 3.63) is 53.3 Å². The topological polar surface area (TPSA) is 69.0 Å². The first-order valence-electron chi connectivity index (χ1n) is 6.46. The van der Waals surface area contributed by atoms with E-state index >= 15 is 0 Å². The molecule has 1 N–H and O–H groups in total. The second-order valence-electron chi connectivity index (χ2n) is 4.89. The lowest BCUT2D eigenvalue weighted by Gasteiger charge is -2.17. The Balaban J connectivity index is 2.19. The van der Waals surface area contributed by atoms with Gasteiger partial charge in [0, 0.05) is 31.7 Å². The van der Waals surface area contributed by atoms with Gasteiger partial charge in [0.15, 0.2) is 0 Å². The van der Waals surface area contributed by atoms with Crippen LogP contribution in [0.25, 0.3) is 0 Å². The second kappa shape index (κ2) is 6.06. The van der Waals surface area contributed by atoms with E-state index in [4.69, 9.17) is 5.26 Å². The van der Waals surface area contributed by atoms with Crippen molar-refractivity contribution in [2.75, 3.05) is 24.3 Å². The van der Waals surface area contributed by atoms with Gasteiger partial charge in [-0.25, -0.2) is 4.98 Å². The summed E-state index contributed by atoms with van der Waals surface area (Å²) in [4.78, 5) is 18.1. The zero-order valence-corrected chi connectivity index (χ0v) is 12.2. The summed E-state index contributed by atoms with van der Waals surface area (Å²) in [6, 6.07) is 10.8. The molecule has 0 atom stereocenters. The number of benzene rings is 1. The number of nitrogens with one attached hydrogen (secondary N) is 1. The van der Waals surface area contributed by atoms with Crippen molar-refractivity contribution in [3.8, 4) is 6.07 Å². The minimum absolute atomic E-state index is 0.279. The van der Waals surface area contributed by atoms with Gasteiger partial charge in [0.1, 0.15) is 11.8 Å². The number of carbonyl (C=O) groups is 1. The fourth-order valence-corrected chi connectivity index (χ4v) is 1.96. The molecule has 2 aromatic rings. The van der Waals surface area contributed by atoms with E-state index in [0.29, 0.717) is 11.3 Å². The van der Waals surface area contributed by atoms with Crippen LogP contribution in [0.15, 0.2) is 36.5 Å². The summed E-state index contributed by atoms with van der Waals surface area (Å²) in [5, 5.41) is 11.5. The first kappa shape index (κ1) is 14.5. The maximum absolute atomic E-state index is 12.1. The number of hydrogen-bond acceptors (Lipinski definition) is 4. The molecular formula is C16H16N4O. The Morgan fingerprint density at radius 3 is 2.62 bits per heavy atom. The molecule has 106 valence electrons. The number of aromatic nitrogens is 1. The van der Waals surface area contributed by atoms with Gasteiger partial charge in [-0.15, -0.1) is 0 Å². The predicted molar refractivity (Wildman–Crippen MR) is 82.4 cm³/mol. The van der Waals surface area contributed by atoms with E-state index in [2.05, 4.69) is 10.3 Å². The van der Waals surface area contributed by atoms with E-state index in [9.17, 15) is 4.79 Å². The molecule has 0 aliphatic rings. The number of pyridine rings is 1. The Bertz CT molecular complexity index is 699. The van der Waals surface area contributed by atoms with Gasteiger partial charge < -0.3 is 10.2 Å². The van der Waals surface area contributed by atoms with Gasteiger partial charge in [-0.3, -0.25) is 4.79 Å². The van der Waals surface area contributed by atoms with E-state index in [1.807, 2.05) is 50.2 Å². The molecular weight excluding hydrogens is 264 g/mol. The SMILES string of the molecule is Cc1ccc(NC(=O)c2ccc(C#N)cn2)cc1N(C)C. The Kier molecular flexibility index (Phi) is 4.19. The van der Waals surface area contributed by atoms with Crippen LogP contribution in [-0.2, 0) is 0 Å². The maximum Gasteiger partial charge on any atom is 0.274 e. The van der Waals surface area contributed by atoms with Crippen LogP contribution in [0.1, 0.15) is 21.6 Å². The molecule has 5 heteroatoms. The summed E-state index contributed by atoms with van der Waals surface area (Å²) >= 11 is 0. The Labute approximate surface area is 123 Å². The van der Waals surface area contributed by atoms with Crippen LogP contribution in [0.3, 0.4) is 0 Å². The minimum Gasteiger partial charge on any atom is -0.377 e. The monoisotopic (exact) mass is 280 g/mol. The van der Waals surface area contributed by atoms with Crippen molar-refractivity contribution >= 4 is 17.3 Å². The summed E-state index contributed by atoms with van der Waals surface area (Å²) in [6.45, 7) is 2.02. The van der Waals surface area contributed by atoms with Crippen LogP contribution < -0.4 is 10.2 Å². The predicted octanol–water partition coefficient (Wildman–Crippen LogP) is 2.58. The van der Waals surface area contributed by atoms with Crippen molar-refractivity contribution in [1.82, 2.24) is 4.98 Å². The largest absolute Gasteiger partial charge is 0.377 e. The molecule has 1 aromatic carbocycles. The fourth-order valence-electron chi connectivity index (χ4n) is 1.96. The van der Waals surface area contributed by atoms with E-state index in [0.717, 1.165) is 11.3 Å². The third-order valence-corrected chi connectivity index (χ3v) is 3.07. The summed E-state index contributed by atoms with van der Waals surface area (Å²) < 4.78 is 0. The van der Waals surface area contributed by atoms with Crippen LogP contribution in [0.2, 0.25) is 0 Å². The van der Waals surface area contributed by atoms with Crippen molar-refractivity contribution in [3.63, 3.8) is 0 Å². The van der Waals surface area contributed by atoms with Crippen molar-refractivity contribution in [2.24, 2.45) is 0 Å². The van der Waals surface area contributed by atoms with Crippen LogP contribution in [0.4, 0.5) is 11.4 Å². The van der Waals surface area contributed by atoms with E-state index in [1.54, 1.807) is 6.07 Å². The van der Waals surface area contributed by atoms with Gasteiger partial charge >= 0.3 is 0 Å². The summed E-state index contributed by atoms with van der Waals surface area (Å²) in [7, 11) is 3.91. The van der Waals surface area contributed by atoms with Crippen LogP contribution >= 0.6 is 0 Å². The number of amides is 1.